The van der Waals surface area contributed by atoms with Gasteiger partial charge in [0.05, 0.1) is 5.75 Å². The van der Waals surface area contributed by atoms with Crippen LogP contribution in [0.1, 0.15) is 45.2 Å². The molecule has 4 nitrogen and oxygen atoms in total. The van der Waals surface area contributed by atoms with Crippen molar-refractivity contribution in [2.45, 2.75) is 57.9 Å². The number of rotatable bonds is 10. The maximum Gasteiger partial charge on any atom is 0.243 e. The molecular weight excluding hydrogens is 392 g/mol. The molecule has 0 aliphatic heterocycles. The summed E-state index contributed by atoms with van der Waals surface area (Å²) in [6, 6.07) is 19.8. The van der Waals surface area contributed by atoms with E-state index in [0.717, 1.165) is 12.2 Å². The highest BCUT2D eigenvalue weighted by atomic mass is 32.2. The van der Waals surface area contributed by atoms with Gasteiger partial charge in [0.1, 0.15) is 6.04 Å². The number of nitrogens with one attached hydrogen (secondary N) is 1. The van der Waals surface area contributed by atoms with Crippen molar-refractivity contribution in [3.63, 3.8) is 0 Å². The van der Waals surface area contributed by atoms with Gasteiger partial charge in [0.25, 0.3) is 0 Å². The Hall–Kier alpha value is -2.27. The highest BCUT2D eigenvalue weighted by molar-refractivity contribution is 7.99. The summed E-state index contributed by atoms with van der Waals surface area (Å²) in [6.07, 6.45) is 1.32. The van der Waals surface area contributed by atoms with Gasteiger partial charge >= 0.3 is 0 Å². The van der Waals surface area contributed by atoms with Crippen molar-refractivity contribution in [1.82, 2.24) is 10.2 Å². The molecule has 1 N–H and O–H groups in total. The van der Waals surface area contributed by atoms with E-state index in [-0.39, 0.29) is 17.4 Å². The van der Waals surface area contributed by atoms with E-state index in [4.69, 9.17) is 0 Å². The Morgan fingerprint density at radius 2 is 1.53 bits per heavy atom. The van der Waals surface area contributed by atoms with Gasteiger partial charge in [0, 0.05) is 17.8 Å². The summed E-state index contributed by atoms with van der Waals surface area (Å²) in [7, 11) is 0. The minimum Gasteiger partial charge on any atom is -0.350 e. The first kappa shape index (κ1) is 24.0. The van der Waals surface area contributed by atoms with Crippen LogP contribution in [0.15, 0.2) is 60.7 Å². The number of amides is 2. The third kappa shape index (κ3) is 8.23. The number of carbonyl (C=O) groups is 2. The van der Waals surface area contributed by atoms with E-state index >= 15 is 0 Å². The predicted octanol–water partition coefficient (Wildman–Crippen LogP) is 4.68. The SMILES string of the molecule is CC[C@@H](C(=O)NC(C)(C)C)N(CCc1ccccc1)C(=O)CSCc1ccccc1. The highest BCUT2D eigenvalue weighted by Crippen LogP contribution is 2.16. The molecule has 0 aromatic heterocycles. The van der Waals surface area contributed by atoms with Gasteiger partial charge < -0.3 is 10.2 Å². The van der Waals surface area contributed by atoms with Crippen molar-refractivity contribution in [2.75, 3.05) is 12.3 Å². The Labute approximate surface area is 185 Å². The third-order valence-electron chi connectivity index (χ3n) is 4.71. The summed E-state index contributed by atoms with van der Waals surface area (Å²) in [5.41, 5.74) is 2.03. The first-order valence-electron chi connectivity index (χ1n) is 10.6. The second kappa shape index (κ2) is 11.8. The minimum absolute atomic E-state index is 0.0165. The predicted molar refractivity (Wildman–Crippen MR) is 126 cm³/mol. The van der Waals surface area contributed by atoms with E-state index in [1.54, 1.807) is 16.7 Å². The monoisotopic (exact) mass is 426 g/mol. The lowest BCUT2D eigenvalue weighted by molar-refractivity contribution is -0.139. The van der Waals surface area contributed by atoms with Crippen LogP contribution in [-0.2, 0) is 21.8 Å². The number of thioether (sulfide) groups is 1. The van der Waals surface area contributed by atoms with Gasteiger partial charge in [-0.2, -0.15) is 0 Å². The first-order valence-corrected chi connectivity index (χ1v) is 11.7. The Morgan fingerprint density at radius 1 is 0.967 bits per heavy atom. The third-order valence-corrected chi connectivity index (χ3v) is 5.69. The maximum absolute atomic E-state index is 13.2. The van der Waals surface area contributed by atoms with Crippen LogP contribution in [0.2, 0.25) is 0 Å². The smallest absolute Gasteiger partial charge is 0.243 e. The zero-order chi connectivity index (χ0) is 22.0. The molecule has 30 heavy (non-hydrogen) atoms. The Kier molecular flexibility index (Phi) is 9.44. The molecule has 2 aromatic rings. The molecule has 0 unspecified atom stereocenters. The van der Waals surface area contributed by atoms with Crippen LogP contribution >= 0.6 is 11.8 Å². The van der Waals surface area contributed by atoms with Crippen LogP contribution in [0, 0.1) is 0 Å². The molecule has 162 valence electrons. The largest absolute Gasteiger partial charge is 0.350 e. The average molecular weight is 427 g/mol. The number of hydrogen-bond donors (Lipinski definition) is 1. The van der Waals surface area contributed by atoms with Crippen LogP contribution in [0.25, 0.3) is 0 Å². The fraction of sp³-hybridized carbons (Fsp3) is 0.440. The second-order valence-electron chi connectivity index (χ2n) is 8.46. The Bertz CT molecular complexity index is 788. The van der Waals surface area contributed by atoms with Crippen LogP contribution in [0.4, 0.5) is 0 Å². The van der Waals surface area contributed by atoms with Crippen molar-refractivity contribution in [2.24, 2.45) is 0 Å². The molecule has 2 aromatic carbocycles. The van der Waals surface area contributed by atoms with E-state index in [9.17, 15) is 9.59 Å². The summed E-state index contributed by atoms with van der Waals surface area (Å²) in [5, 5.41) is 3.05. The number of carbonyl (C=O) groups excluding carboxylic acids is 2. The molecule has 0 heterocycles. The van der Waals surface area contributed by atoms with Crippen molar-refractivity contribution in [1.29, 1.82) is 0 Å². The van der Waals surface area contributed by atoms with Crippen LogP contribution in [0.3, 0.4) is 0 Å². The molecular formula is C25H34N2O2S. The lowest BCUT2D eigenvalue weighted by atomic mass is 10.1. The van der Waals surface area contributed by atoms with Gasteiger partial charge in [-0.25, -0.2) is 0 Å². The van der Waals surface area contributed by atoms with Crippen LogP contribution < -0.4 is 5.32 Å². The molecule has 0 saturated carbocycles. The quantitative estimate of drug-likeness (QED) is 0.600. The molecule has 0 bridgehead atoms. The Morgan fingerprint density at radius 3 is 2.07 bits per heavy atom. The molecule has 2 amide bonds. The minimum atomic E-state index is -0.460. The highest BCUT2D eigenvalue weighted by Gasteiger charge is 2.30. The van der Waals surface area contributed by atoms with E-state index in [1.165, 1.54) is 11.1 Å². The van der Waals surface area contributed by atoms with E-state index in [2.05, 4.69) is 29.6 Å². The Balaban J connectivity index is 2.07. The maximum atomic E-state index is 13.2. The van der Waals surface area contributed by atoms with Crippen molar-refractivity contribution in [3.05, 3.63) is 71.8 Å². The van der Waals surface area contributed by atoms with Gasteiger partial charge in [-0.1, -0.05) is 67.6 Å². The average Bonchev–Trinajstić information content (AvgIpc) is 2.71. The van der Waals surface area contributed by atoms with Gasteiger partial charge in [0.15, 0.2) is 0 Å². The molecule has 2 rings (SSSR count). The van der Waals surface area contributed by atoms with Crippen molar-refractivity contribution in [3.8, 4) is 0 Å². The molecule has 0 fully saturated rings. The topological polar surface area (TPSA) is 49.4 Å². The van der Waals surface area contributed by atoms with Crippen molar-refractivity contribution < 1.29 is 9.59 Å². The zero-order valence-electron chi connectivity index (χ0n) is 18.6. The fourth-order valence-corrected chi connectivity index (χ4v) is 4.13. The molecule has 0 saturated heterocycles. The number of nitrogens with zero attached hydrogens (tertiary/aromatic N) is 1. The van der Waals surface area contributed by atoms with Crippen molar-refractivity contribution >= 4 is 23.6 Å². The fourth-order valence-electron chi connectivity index (χ4n) is 3.26. The molecule has 0 aliphatic rings. The lowest BCUT2D eigenvalue weighted by Gasteiger charge is -2.33. The molecule has 1 atom stereocenters. The molecule has 0 aliphatic carbocycles. The summed E-state index contributed by atoms with van der Waals surface area (Å²) < 4.78 is 0. The summed E-state index contributed by atoms with van der Waals surface area (Å²) in [6.45, 7) is 8.38. The van der Waals surface area contributed by atoms with Crippen LogP contribution in [0.5, 0.6) is 0 Å². The standard InChI is InChI=1S/C25H34N2O2S/c1-5-22(24(29)26-25(2,3)4)27(17-16-20-12-8-6-9-13-20)23(28)19-30-18-21-14-10-7-11-15-21/h6-15,22H,5,16-19H2,1-4H3,(H,26,29)/t22-/m0/s1. The molecule has 5 heteroatoms. The van der Waals surface area contributed by atoms with Gasteiger partial charge in [-0.15, -0.1) is 11.8 Å². The molecule has 0 spiro atoms. The normalized spacial score (nSPS) is 12.3. The van der Waals surface area contributed by atoms with Crippen LogP contribution in [-0.4, -0.2) is 40.6 Å². The lowest BCUT2D eigenvalue weighted by Crippen LogP contribution is -2.54. The summed E-state index contributed by atoms with van der Waals surface area (Å²) in [4.78, 5) is 27.9. The number of benzene rings is 2. The van der Waals surface area contributed by atoms with Gasteiger partial charge in [-0.3, -0.25) is 9.59 Å². The summed E-state index contributed by atoms with van der Waals surface area (Å²) in [5.74, 6) is 1.08. The van der Waals surface area contributed by atoms with E-state index < -0.39 is 6.04 Å². The van der Waals surface area contributed by atoms with Gasteiger partial charge in [-0.05, 0) is 44.7 Å². The summed E-state index contributed by atoms with van der Waals surface area (Å²) >= 11 is 1.59. The van der Waals surface area contributed by atoms with Gasteiger partial charge in [0.2, 0.25) is 11.8 Å². The van der Waals surface area contributed by atoms with E-state index in [1.807, 2.05) is 64.1 Å². The number of hydrogen-bond acceptors (Lipinski definition) is 3. The van der Waals surface area contributed by atoms with E-state index in [0.29, 0.717) is 18.7 Å². The molecule has 0 radical (unpaired) electrons. The zero-order valence-corrected chi connectivity index (χ0v) is 19.4. The second-order valence-corrected chi connectivity index (χ2v) is 9.45. The first-order chi connectivity index (χ1) is 14.3.